The summed E-state index contributed by atoms with van der Waals surface area (Å²) in [5.74, 6) is 0.526. The largest absolute Gasteiger partial charge is 0.394 e. The van der Waals surface area contributed by atoms with Crippen LogP contribution in [0.3, 0.4) is 0 Å². The van der Waals surface area contributed by atoms with Crippen LogP contribution in [0.4, 0.5) is 11.5 Å². The molecule has 0 spiro atoms. The van der Waals surface area contributed by atoms with Crippen LogP contribution in [0, 0.1) is 16.0 Å². The Morgan fingerprint density at radius 2 is 2.29 bits per heavy atom. The summed E-state index contributed by atoms with van der Waals surface area (Å²) in [4.78, 5) is 13.8. The molecule has 1 heterocycles. The predicted molar refractivity (Wildman–Crippen MR) is 65.2 cm³/mol. The van der Waals surface area contributed by atoms with Gasteiger partial charge in [-0.25, -0.2) is 4.98 Å². The van der Waals surface area contributed by atoms with E-state index < -0.39 is 4.92 Å². The molecule has 0 aliphatic rings. The molecule has 1 atom stereocenters. The standard InChI is InChI=1S/C10H14ClN3O3/c1-6(2)9(5-15)13-10-8(11)3-7(4-12-10)14(16)17/h3-4,6,9,15H,5H2,1-2H3,(H,12,13)/t9-/m1/s1. The third-order valence-corrected chi connectivity index (χ3v) is 2.65. The molecule has 2 N–H and O–H groups in total. The Balaban J connectivity index is 2.89. The van der Waals surface area contributed by atoms with Gasteiger partial charge in [0, 0.05) is 6.07 Å². The molecule has 0 aliphatic carbocycles. The van der Waals surface area contributed by atoms with E-state index in [1.54, 1.807) is 0 Å². The van der Waals surface area contributed by atoms with E-state index in [1.165, 1.54) is 6.07 Å². The van der Waals surface area contributed by atoms with Crippen LogP contribution < -0.4 is 5.32 Å². The molecule has 0 unspecified atom stereocenters. The number of hydrogen-bond donors (Lipinski definition) is 2. The average Bonchev–Trinajstić information content (AvgIpc) is 2.26. The van der Waals surface area contributed by atoms with E-state index in [4.69, 9.17) is 16.7 Å². The number of nitrogens with zero attached hydrogens (tertiary/aromatic N) is 2. The maximum Gasteiger partial charge on any atom is 0.289 e. The molecular weight excluding hydrogens is 246 g/mol. The van der Waals surface area contributed by atoms with Gasteiger partial charge in [0.25, 0.3) is 5.69 Å². The summed E-state index contributed by atoms with van der Waals surface area (Å²) in [6.07, 6.45) is 1.13. The van der Waals surface area contributed by atoms with E-state index in [1.807, 2.05) is 13.8 Å². The number of aromatic nitrogens is 1. The summed E-state index contributed by atoms with van der Waals surface area (Å²) in [5, 5.41) is 22.8. The van der Waals surface area contributed by atoms with Gasteiger partial charge in [0.2, 0.25) is 0 Å². The van der Waals surface area contributed by atoms with Crippen molar-refractivity contribution in [1.82, 2.24) is 4.98 Å². The van der Waals surface area contributed by atoms with E-state index in [0.717, 1.165) is 6.20 Å². The van der Waals surface area contributed by atoms with Gasteiger partial charge in [0.1, 0.15) is 12.0 Å². The Hall–Kier alpha value is -1.40. The third kappa shape index (κ3) is 3.54. The molecule has 6 nitrogen and oxygen atoms in total. The van der Waals surface area contributed by atoms with Gasteiger partial charge in [-0.3, -0.25) is 10.1 Å². The molecule has 0 amide bonds. The highest BCUT2D eigenvalue weighted by atomic mass is 35.5. The van der Waals surface area contributed by atoms with Crippen molar-refractivity contribution in [1.29, 1.82) is 0 Å². The smallest absolute Gasteiger partial charge is 0.289 e. The molecular formula is C10H14ClN3O3. The van der Waals surface area contributed by atoms with Gasteiger partial charge in [-0.1, -0.05) is 25.4 Å². The highest BCUT2D eigenvalue weighted by Gasteiger charge is 2.16. The fourth-order valence-corrected chi connectivity index (χ4v) is 1.45. The van der Waals surface area contributed by atoms with Gasteiger partial charge in [0.05, 0.1) is 22.6 Å². The van der Waals surface area contributed by atoms with Gasteiger partial charge in [-0.05, 0) is 5.92 Å². The first kappa shape index (κ1) is 13.7. The van der Waals surface area contributed by atoms with Crippen molar-refractivity contribution in [2.75, 3.05) is 11.9 Å². The van der Waals surface area contributed by atoms with Crippen molar-refractivity contribution < 1.29 is 10.0 Å². The number of aliphatic hydroxyl groups excluding tert-OH is 1. The van der Waals surface area contributed by atoms with E-state index in [0.29, 0.717) is 5.82 Å². The number of rotatable bonds is 5. The molecule has 0 radical (unpaired) electrons. The summed E-state index contributed by atoms with van der Waals surface area (Å²) in [6, 6.07) is 1.03. The quantitative estimate of drug-likeness (QED) is 0.624. The summed E-state index contributed by atoms with van der Waals surface area (Å²) >= 11 is 5.87. The lowest BCUT2D eigenvalue weighted by Gasteiger charge is -2.20. The van der Waals surface area contributed by atoms with Gasteiger partial charge >= 0.3 is 0 Å². The number of aliphatic hydroxyl groups is 1. The highest BCUT2D eigenvalue weighted by molar-refractivity contribution is 6.33. The first-order valence-corrected chi connectivity index (χ1v) is 5.50. The van der Waals surface area contributed by atoms with Crippen LogP contribution in [0.15, 0.2) is 12.3 Å². The van der Waals surface area contributed by atoms with Crippen molar-refractivity contribution in [3.8, 4) is 0 Å². The number of nitrogens with one attached hydrogen (secondary N) is 1. The summed E-state index contributed by atoms with van der Waals surface area (Å²) < 4.78 is 0. The first-order valence-electron chi connectivity index (χ1n) is 5.13. The second-order valence-electron chi connectivity index (χ2n) is 3.96. The Morgan fingerprint density at radius 1 is 1.65 bits per heavy atom. The number of pyridine rings is 1. The van der Waals surface area contributed by atoms with Crippen molar-refractivity contribution in [2.24, 2.45) is 5.92 Å². The van der Waals surface area contributed by atoms with Gasteiger partial charge in [0.15, 0.2) is 0 Å². The molecule has 17 heavy (non-hydrogen) atoms. The lowest BCUT2D eigenvalue weighted by Crippen LogP contribution is -2.29. The van der Waals surface area contributed by atoms with Crippen LogP contribution in [0.5, 0.6) is 0 Å². The SMILES string of the molecule is CC(C)[C@@H](CO)Nc1ncc([N+](=O)[O-])cc1Cl. The topological polar surface area (TPSA) is 88.3 Å². The van der Waals surface area contributed by atoms with Crippen molar-refractivity contribution >= 4 is 23.1 Å². The number of nitro groups is 1. The number of anilines is 1. The Bertz CT molecular complexity index is 412. The monoisotopic (exact) mass is 259 g/mol. The lowest BCUT2D eigenvalue weighted by atomic mass is 10.1. The predicted octanol–water partition coefficient (Wildman–Crippen LogP) is 2.07. The third-order valence-electron chi connectivity index (χ3n) is 2.36. The number of hydrogen-bond acceptors (Lipinski definition) is 5. The second-order valence-corrected chi connectivity index (χ2v) is 4.37. The van der Waals surface area contributed by atoms with Gasteiger partial charge in [-0.2, -0.15) is 0 Å². The Kier molecular flexibility index (Phi) is 4.65. The average molecular weight is 260 g/mol. The minimum absolute atomic E-state index is 0.0628. The molecule has 7 heteroatoms. The van der Waals surface area contributed by atoms with Gasteiger partial charge < -0.3 is 10.4 Å². The highest BCUT2D eigenvalue weighted by Crippen LogP contribution is 2.25. The fourth-order valence-electron chi connectivity index (χ4n) is 1.23. The Labute approximate surface area is 104 Å². The minimum Gasteiger partial charge on any atom is -0.394 e. The van der Waals surface area contributed by atoms with E-state index in [9.17, 15) is 10.1 Å². The van der Waals surface area contributed by atoms with Crippen molar-refractivity contribution in [2.45, 2.75) is 19.9 Å². The van der Waals surface area contributed by atoms with E-state index in [-0.39, 0.29) is 29.3 Å². The zero-order valence-corrected chi connectivity index (χ0v) is 10.3. The molecule has 0 saturated heterocycles. The lowest BCUT2D eigenvalue weighted by molar-refractivity contribution is -0.385. The fraction of sp³-hybridized carbons (Fsp3) is 0.500. The van der Waals surface area contributed by atoms with Gasteiger partial charge in [-0.15, -0.1) is 0 Å². The molecule has 0 bridgehead atoms. The molecule has 0 fully saturated rings. The zero-order chi connectivity index (χ0) is 13.0. The normalized spacial score (nSPS) is 12.5. The zero-order valence-electron chi connectivity index (χ0n) is 9.55. The summed E-state index contributed by atoms with van der Waals surface area (Å²) in [7, 11) is 0. The van der Waals surface area contributed by atoms with Crippen LogP contribution in [-0.2, 0) is 0 Å². The second kappa shape index (κ2) is 5.79. The minimum atomic E-state index is -0.561. The molecule has 94 valence electrons. The first-order chi connectivity index (χ1) is 7.95. The Morgan fingerprint density at radius 3 is 2.71 bits per heavy atom. The van der Waals surface area contributed by atoms with E-state index >= 15 is 0 Å². The molecule has 1 aromatic heterocycles. The number of halogens is 1. The van der Waals surface area contributed by atoms with Crippen LogP contribution in [0.2, 0.25) is 5.02 Å². The molecule has 1 rings (SSSR count). The van der Waals surface area contributed by atoms with Crippen LogP contribution in [0.1, 0.15) is 13.8 Å². The molecule has 0 aliphatic heterocycles. The summed E-state index contributed by atoms with van der Waals surface area (Å²) in [6.45, 7) is 3.81. The van der Waals surface area contributed by atoms with Crippen LogP contribution in [-0.4, -0.2) is 27.7 Å². The van der Waals surface area contributed by atoms with Crippen molar-refractivity contribution in [3.05, 3.63) is 27.4 Å². The van der Waals surface area contributed by atoms with Crippen molar-refractivity contribution in [3.63, 3.8) is 0 Å². The van der Waals surface area contributed by atoms with E-state index in [2.05, 4.69) is 10.3 Å². The molecule has 0 aromatic carbocycles. The van der Waals surface area contributed by atoms with Crippen LogP contribution in [0.25, 0.3) is 0 Å². The molecule has 1 aromatic rings. The maximum atomic E-state index is 10.5. The molecule has 0 saturated carbocycles. The maximum absolute atomic E-state index is 10.5. The summed E-state index contributed by atoms with van der Waals surface area (Å²) in [5.41, 5.74) is -0.161. The van der Waals surface area contributed by atoms with Crippen LogP contribution >= 0.6 is 11.6 Å².